The minimum atomic E-state index is -3.72. The van der Waals surface area contributed by atoms with Crippen LogP contribution in [0.4, 0.5) is 0 Å². The molecule has 0 heterocycles. The average Bonchev–Trinajstić information content (AvgIpc) is 2.59. The number of rotatable bonds is 7. The van der Waals surface area contributed by atoms with E-state index >= 15 is 0 Å². The molecule has 7 nitrogen and oxygen atoms in total. The van der Waals surface area contributed by atoms with Gasteiger partial charge in [-0.05, 0) is 36.8 Å². The van der Waals surface area contributed by atoms with E-state index in [4.69, 9.17) is 14.6 Å². The Morgan fingerprint density at radius 3 is 2.28 bits per heavy atom. The van der Waals surface area contributed by atoms with E-state index in [1.165, 1.54) is 19.2 Å². The largest absolute Gasteiger partial charge is 0.493 e. The molecule has 2 rings (SSSR count). The standard InChI is InChI=1S/C17H20N2O5S/c1-12(24-16-6-4-3-5-15(16)23-2)17(20)19-11-13-7-9-14(10-8-13)25(18,21)22/h3-10,12H,11H2,1-2H3,(H,19,20)(H2,18,21,22). The summed E-state index contributed by atoms with van der Waals surface area (Å²) in [7, 11) is -2.20. The van der Waals surface area contributed by atoms with Crippen LogP contribution in [0.1, 0.15) is 12.5 Å². The van der Waals surface area contributed by atoms with E-state index in [1.807, 2.05) is 6.07 Å². The molecule has 0 aliphatic rings. The normalized spacial score (nSPS) is 12.3. The molecule has 0 saturated heterocycles. The molecule has 0 spiro atoms. The van der Waals surface area contributed by atoms with Crippen LogP contribution < -0.4 is 19.9 Å². The molecule has 0 aliphatic carbocycles. The van der Waals surface area contributed by atoms with Gasteiger partial charge in [-0.25, -0.2) is 13.6 Å². The predicted octanol–water partition coefficient (Wildman–Crippen LogP) is 1.43. The van der Waals surface area contributed by atoms with Crippen LogP contribution in [0, 0.1) is 0 Å². The summed E-state index contributed by atoms with van der Waals surface area (Å²) in [4.78, 5) is 12.2. The minimum Gasteiger partial charge on any atom is -0.493 e. The van der Waals surface area contributed by atoms with Gasteiger partial charge < -0.3 is 14.8 Å². The number of hydrogen-bond acceptors (Lipinski definition) is 5. The number of amides is 1. The van der Waals surface area contributed by atoms with Gasteiger partial charge >= 0.3 is 0 Å². The topological polar surface area (TPSA) is 108 Å². The zero-order valence-electron chi connectivity index (χ0n) is 13.9. The van der Waals surface area contributed by atoms with Crippen molar-refractivity contribution in [3.8, 4) is 11.5 Å². The van der Waals surface area contributed by atoms with E-state index in [2.05, 4.69) is 5.32 Å². The molecule has 2 aromatic carbocycles. The van der Waals surface area contributed by atoms with E-state index in [1.54, 1.807) is 37.3 Å². The van der Waals surface area contributed by atoms with Crippen LogP contribution in [0.5, 0.6) is 11.5 Å². The van der Waals surface area contributed by atoms with E-state index in [9.17, 15) is 13.2 Å². The number of nitrogens with one attached hydrogen (secondary N) is 1. The fraction of sp³-hybridized carbons (Fsp3) is 0.235. The first-order chi connectivity index (χ1) is 11.8. The number of benzene rings is 2. The Balaban J connectivity index is 1.93. The van der Waals surface area contributed by atoms with Crippen molar-refractivity contribution in [2.24, 2.45) is 5.14 Å². The number of para-hydroxylation sites is 2. The summed E-state index contributed by atoms with van der Waals surface area (Å²) in [6, 6.07) is 13.0. The highest BCUT2D eigenvalue weighted by Crippen LogP contribution is 2.26. The van der Waals surface area contributed by atoms with Gasteiger partial charge in [0, 0.05) is 6.54 Å². The van der Waals surface area contributed by atoms with E-state index in [-0.39, 0.29) is 17.3 Å². The molecule has 8 heteroatoms. The second-order valence-corrected chi connectivity index (χ2v) is 6.88. The molecule has 134 valence electrons. The number of primary sulfonamides is 1. The van der Waals surface area contributed by atoms with Crippen molar-refractivity contribution in [1.82, 2.24) is 5.32 Å². The molecule has 3 N–H and O–H groups in total. The third kappa shape index (κ3) is 5.20. The Hall–Kier alpha value is -2.58. The van der Waals surface area contributed by atoms with Crippen LogP contribution in [-0.2, 0) is 21.4 Å². The lowest BCUT2D eigenvalue weighted by Crippen LogP contribution is -2.36. The Morgan fingerprint density at radius 2 is 1.72 bits per heavy atom. The zero-order valence-corrected chi connectivity index (χ0v) is 14.7. The number of methoxy groups -OCH3 is 1. The summed E-state index contributed by atoms with van der Waals surface area (Å²) in [5, 5.41) is 7.77. The van der Waals surface area contributed by atoms with Crippen molar-refractivity contribution in [2.45, 2.75) is 24.5 Å². The molecule has 1 amide bonds. The molecule has 0 fully saturated rings. The van der Waals surface area contributed by atoms with Crippen molar-refractivity contribution < 1.29 is 22.7 Å². The van der Waals surface area contributed by atoms with Crippen LogP contribution in [-0.4, -0.2) is 27.5 Å². The first-order valence-corrected chi connectivity index (χ1v) is 9.05. The summed E-state index contributed by atoms with van der Waals surface area (Å²) < 4.78 is 33.2. The average molecular weight is 364 g/mol. The van der Waals surface area contributed by atoms with Gasteiger partial charge in [-0.1, -0.05) is 24.3 Å². The SMILES string of the molecule is COc1ccccc1OC(C)C(=O)NCc1ccc(S(N)(=O)=O)cc1. The molecule has 0 aliphatic heterocycles. The molecule has 0 bridgehead atoms. The molecule has 0 saturated carbocycles. The number of hydrogen-bond donors (Lipinski definition) is 2. The third-order valence-electron chi connectivity index (χ3n) is 3.46. The lowest BCUT2D eigenvalue weighted by Gasteiger charge is -2.16. The van der Waals surface area contributed by atoms with Gasteiger partial charge in [0.05, 0.1) is 12.0 Å². The van der Waals surface area contributed by atoms with Gasteiger partial charge in [0.2, 0.25) is 10.0 Å². The van der Waals surface area contributed by atoms with Gasteiger partial charge in [0.15, 0.2) is 17.6 Å². The Kier molecular flexibility index (Phi) is 6.00. The van der Waals surface area contributed by atoms with Crippen LogP contribution in [0.3, 0.4) is 0 Å². The maximum atomic E-state index is 12.2. The fourth-order valence-corrected chi connectivity index (χ4v) is 2.61. The highest BCUT2D eigenvalue weighted by atomic mass is 32.2. The molecular formula is C17H20N2O5S. The first kappa shape index (κ1) is 18.8. The molecule has 25 heavy (non-hydrogen) atoms. The highest BCUT2D eigenvalue weighted by Gasteiger charge is 2.16. The maximum Gasteiger partial charge on any atom is 0.261 e. The Morgan fingerprint density at radius 1 is 1.12 bits per heavy atom. The van der Waals surface area contributed by atoms with Gasteiger partial charge in [-0.3, -0.25) is 4.79 Å². The highest BCUT2D eigenvalue weighted by molar-refractivity contribution is 7.89. The number of carbonyl (C=O) groups is 1. The summed E-state index contributed by atoms with van der Waals surface area (Å²) in [6.45, 7) is 1.87. The van der Waals surface area contributed by atoms with Gasteiger partial charge in [0.25, 0.3) is 5.91 Å². The molecular weight excluding hydrogens is 344 g/mol. The number of ether oxygens (including phenoxy) is 2. The maximum absolute atomic E-state index is 12.2. The molecule has 0 aromatic heterocycles. The Labute approximate surface area is 146 Å². The van der Waals surface area contributed by atoms with E-state index in [0.717, 1.165) is 5.56 Å². The number of carbonyl (C=O) groups excluding carboxylic acids is 1. The van der Waals surface area contributed by atoms with Crippen molar-refractivity contribution in [3.05, 3.63) is 54.1 Å². The third-order valence-corrected chi connectivity index (χ3v) is 4.39. The van der Waals surface area contributed by atoms with E-state index < -0.39 is 16.1 Å². The van der Waals surface area contributed by atoms with Crippen LogP contribution in [0.2, 0.25) is 0 Å². The van der Waals surface area contributed by atoms with Crippen LogP contribution in [0.25, 0.3) is 0 Å². The summed E-state index contributed by atoms with van der Waals surface area (Å²) in [6.07, 6.45) is -0.722. The second-order valence-electron chi connectivity index (χ2n) is 5.32. The summed E-state index contributed by atoms with van der Waals surface area (Å²) in [5.41, 5.74) is 0.741. The lowest BCUT2D eigenvalue weighted by molar-refractivity contribution is -0.127. The number of sulfonamides is 1. The van der Waals surface area contributed by atoms with E-state index in [0.29, 0.717) is 11.5 Å². The minimum absolute atomic E-state index is 0.0236. The van der Waals surface area contributed by atoms with Crippen molar-refractivity contribution in [3.63, 3.8) is 0 Å². The van der Waals surface area contributed by atoms with Crippen molar-refractivity contribution >= 4 is 15.9 Å². The van der Waals surface area contributed by atoms with Gasteiger partial charge in [0.1, 0.15) is 0 Å². The molecule has 1 atom stereocenters. The molecule has 0 radical (unpaired) electrons. The predicted molar refractivity (Wildman–Crippen MR) is 92.7 cm³/mol. The Bertz CT molecular complexity index is 834. The molecule has 1 unspecified atom stereocenters. The summed E-state index contributed by atoms with van der Waals surface area (Å²) >= 11 is 0. The quantitative estimate of drug-likeness (QED) is 0.773. The first-order valence-electron chi connectivity index (χ1n) is 7.50. The van der Waals surface area contributed by atoms with Gasteiger partial charge in [-0.15, -0.1) is 0 Å². The smallest absolute Gasteiger partial charge is 0.261 e. The van der Waals surface area contributed by atoms with Crippen LogP contribution >= 0.6 is 0 Å². The molecule has 2 aromatic rings. The number of nitrogens with two attached hydrogens (primary N) is 1. The van der Waals surface area contributed by atoms with Gasteiger partial charge in [-0.2, -0.15) is 0 Å². The fourth-order valence-electron chi connectivity index (χ4n) is 2.09. The zero-order chi connectivity index (χ0) is 18.4. The summed E-state index contributed by atoms with van der Waals surface area (Å²) in [5.74, 6) is 0.715. The lowest BCUT2D eigenvalue weighted by atomic mass is 10.2. The second kappa shape index (κ2) is 8.00. The monoisotopic (exact) mass is 364 g/mol. The van der Waals surface area contributed by atoms with Crippen molar-refractivity contribution in [1.29, 1.82) is 0 Å². The van der Waals surface area contributed by atoms with Crippen LogP contribution in [0.15, 0.2) is 53.4 Å². The van der Waals surface area contributed by atoms with Crippen molar-refractivity contribution in [2.75, 3.05) is 7.11 Å².